The van der Waals surface area contributed by atoms with E-state index < -0.39 is 23.3 Å². The summed E-state index contributed by atoms with van der Waals surface area (Å²) >= 11 is 0. The summed E-state index contributed by atoms with van der Waals surface area (Å²) in [6.45, 7) is -0.314. The number of ether oxygens (including phenoxy) is 3. The highest BCUT2D eigenvalue weighted by Crippen LogP contribution is 2.31. The zero-order valence-corrected chi connectivity index (χ0v) is 8.57. The van der Waals surface area contributed by atoms with E-state index in [0.29, 0.717) is 0 Å². The van der Waals surface area contributed by atoms with Gasteiger partial charge in [0, 0.05) is 6.42 Å². The summed E-state index contributed by atoms with van der Waals surface area (Å²) in [6, 6.07) is 0. The molecule has 0 unspecified atom stereocenters. The number of cyclic esters (lactones) is 1. The van der Waals surface area contributed by atoms with Gasteiger partial charge in [-0.25, -0.2) is 0 Å². The lowest BCUT2D eigenvalue weighted by molar-refractivity contribution is -0.182. The molecule has 1 saturated heterocycles. The van der Waals surface area contributed by atoms with Crippen LogP contribution in [0.15, 0.2) is 0 Å². The van der Waals surface area contributed by atoms with Gasteiger partial charge >= 0.3 is 17.9 Å². The largest absolute Gasteiger partial charge is 0.468 e. The fraction of sp³-hybridized carbons (Fsp3) is 0.667. The van der Waals surface area contributed by atoms with Crippen LogP contribution in [-0.4, -0.2) is 38.7 Å². The van der Waals surface area contributed by atoms with E-state index in [1.54, 1.807) is 0 Å². The zero-order valence-electron chi connectivity index (χ0n) is 8.57. The first kappa shape index (κ1) is 11.5. The Morgan fingerprint density at radius 3 is 2.13 bits per heavy atom. The number of hydrogen-bond donors (Lipinski definition) is 0. The number of esters is 3. The summed E-state index contributed by atoms with van der Waals surface area (Å²) in [6.07, 6.45) is 0.0649. The second-order valence-electron chi connectivity index (χ2n) is 3.23. The Bertz CT molecular complexity index is 267. The molecule has 6 nitrogen and oxygen atoms in total. The molecule has 84 valence electrons. The van der Waals surface area contributed by atoms with Crippen molar-refractivity contribution in [2.24, 2.45) is 5.41 Å². The predicted octanol–water partition coefficient (Wildman–Crippen LogP) is -0.344. The fourth-order valence-electron chi connectivity index (χ4n) is 1.46. The summed E-state index contributed by atoms with van der Waals surface area (Å²) in [5, 5.41) is 0. The molecule has 6 heteroatoms. The SMILES string of the molecule is COC(=O)C1(C(=O)OC)CCC(=O)OC1. The first-order valence-corrected chi connectivity index (χ1v) is 4.39. The molecule has 1 aliphatic rings. The Morgan fingerprint density at radius 2 is 1.80 bits per heavy atom. The molecule has 0 aromatic heterocycles. The topological polar surface area (TPSA) is 78.9 Å². The van der Waals surface area contributed by atoms with Gasteiger partial charge in [-0.1, -0.05) is 0 Å². The monoisotopic (exact) mass is 216 g/mol. The second-order valence-corrected chi connectivity index (χ2v) is 3.23. The van der Waals surface area contributed by atoms with Gasteiger partial charge in [0.1, 0.15) is 6.61 Å². The molecule has 1 heterocycles. The Morgan fingerprint density at radius 1 is 1.27 bits per heavy atom. The van der Waals surface area contributed by atoms with Crippen molar-refractivity contribution in [3.05, 3.63) is 0 Å². The summed E-state index contributed by atoms with van der Waals surface area (Å²) in [7, 11) is 2.34. The van der Waals surface area contributed by atoms with Gasteiger partial charge in [-0.3, -0.25) is 14.4 Å². The lowest BCUT2D eigenvalue weighted by Gasteiger charge is -2.30. The summed E-state index contributed by atoms with van der Waals surface area (Å²) < 4.78 is 13.7. The number of rotatable bonds is 2. The third-order valence-electron chi connectivity index (χ3n) is 2.39. The van der Waals surface area contributed by atoms with Crippen molar-refractivity contribution in [2.75, 3.05) is 20.8 Å². The van der Waals surface area contributed by atoms with Crippen molar-refractivity contribution < 1.29 is 28.6 Å². The Labute approximate surface area is 86.5 Å². The quantitative estimate of drug-likeness (QED) is 0.357. The van der Waals surface area contributed by atoms with Gasteiger partial charge in [-0.2, -0.15) is 0 Å². The van der Waals surface area contributed by atoms with E-state index in [1.165, 1.54) is 14.2 Å². The summed E-state index contributed by atoms with van der Waals surface area (Å²) in [5.74, 6) is -1.90. The van der Waals surface area contributed by atoms with Gasteiger partial charge in [-0.15, -0.1) is 0 Å². The van der Waals surface area contributed by atoms with E-state index >= 15 is 0 Å². The number of carbonyl (C=O) groups excluding carboxylic acids is 3. The first-order valence-electron chi connectivity index (χ1n) is 4.39. The van der Waals surface area contributed by atoms with Crippen molar-refractivity contribution in [1.29, 1.82) is 0 Å². The predicted molar refractivity (Wildman–Crippen MR) is 46.7 cm³/mol. The minimum absolute atomic E-state index is 0.00417. The number of methoxy groups -OCH3 is 2. The van der Waals surface area contributed by atoms with Crippen LogP contribution in [0.25, 0.3) is 0 Å². The van der Waals surface area contributed by atoms with E-state index in [4.69, 9.17) is 4.74 Å². The molecule has 0 N–H and O–H groups in total. The lowest BCUT2D eigenvalue weighted by atomic mass is 9.82. The molecule has 0 bridgehead atoms. The Kier molecular flexibility index (Phi) is 3.28. The molecule has 15 heavy (non-hydrogen) atoms. The minimum Gasteiger partial charge on any atom is -0.468 e. The van der Waals surface area contributed by atoms with E-state index in [1.807, 2.05) is 0 Å². The van der Waals surface area contributed by atoms with Crippen LogP contribution in [0.5, 0.6) is 0 Å². The van der Waals surface area contributed by atoms with Crippen LogP contribution in [0, 0.1) is 5.41 Å². The van der Waals surface area contributed by atoms with Crippen LogP contribution >= 0.6 is 0 Å². The highest BCUT2D eigenvalue weighted by atomic mass is 16.6. The highest BCUT2D eigenvalue weighted by molar-refractivity contribution is 6.01. The molecule has 1 fully saturated rings. The number of hydrogen-bond acceptors (Lipinski definition) is 6. The Hall–Kier alpha value is -1.59. The molecule has 0 radical (unpaired) electrons. The molecular weight excluding hydrogens is 204 g/mol. The average Bonchev–Trinajstić information content (AvgIpc) is 2.28. The summed E-state index contributed by atoms with van der Waals surface area (Å²) in [5.41, 5.74) is -1.49. The van der Waals surface area contributed by atoms with Crippen LogP contribution in [-0.2, 0) is 28.6 Å². The smallest absolute Gasteiger partial charge is 0.326 e. The van der Waals surface area contributed by atoms with Gasteiger partial charge in [0.25, 0.3) is 0 Å². The van der Waals surface area contributed by atoms with Crippen LogP contribution in [0.3, 0.4) is 0 Å². The van der Waals surface area contributed by atoms with E-state index in [-0.39, 0.29) is 19.4 Å². The molecule has 0 aromatic rings. The van der Waals surface area contributed by atoms with Gasteiger partial charge in [0.05, 0.1) is 14.2 Å². The molecule has 0 amide bonds. The van der Waals surface area contributed by atoms with Crippen LogP contribution in [0.4, 0.5) is 0 Å². The van der Waals surface area contributed by atoms with Crippen LogP contribution < -0.4 is 0 Å². The maximum Gasteiger partial charge on any atom is 0.326 e. The number of carbonyl (C=O) groups is 3. The Balaban J connectivity index is 2.92. The van der Waals surface area contributed by atoms with Crippen molar-refractivity contribution in [3.8, 4) is 0 Å². The third kappa shape index (κ3) is 1.93. The molecule has 0 saturated carbocycles. The third-order valence-corrected chi connectivity index (χ3v) is 2.39. The van der Waals surface area contributed by atoms with E-state index in [2.05, 4.69) is 9.47 Å². The fourth-order valence-corrected chi connectivity index (χ4v) is 1.46. The van der Waals surface area contributed by atoms with Gasteiger partial charge < -0.3 is 14.2 Å². The normalized spacial score (nSPS) is 18.9. The zero-order chi connectivity index (χ0) is 11.5. The first-order chi connectivity index (χ1) is 7.06. The second kappa shape index (κ2) is 4.29. The van der Waals surface area contributed by atoms with Gasteiger partial charge in [0.15, 0.2) is 5.41 Å². The van der Waals surface area contributed by atoms with Crippen molar-refractivity contribution in [3.63, 3.8) is 0 Å². The molecule has 0 spiro atoms. The molecular formula is C9H12O6. The molecule has 0 aliphatic carbocycles. The van der Waals surface area contributed by atoms with Crippen LogP contribution in [0.1, 0.15) is 12.8 Å². The van der Waals surface area contributed by atoms with E-state index in [0.717, 1.165) is 0 Å². The molecule has 0 aromatic carbocycles. The maximum absolute atomic E-state index is 11.5. The molecule has 1 aliphatic heterocycles. The lowest BCUT2D eigenvalue weighted by Crippen LogP contribution is -2.48. The maximum atomic E-state index is 11.5. The van der Waals surface area contributed by atoms with Crippen molar-refractivity contribution in [2.45, 2.75) is 12.8 Å². The molecule has 1 rings (SSSR count). The summed E-state index contributed by atoms with van der Waals surface area (Å²) in [4.78, 5) is 33.8. The molecule has 0 atom stereocenters. The van der Waals surface area contributed by atoms with Crippen molar-refractivity contribution in [1.82, 2.24) is 0 Å². The standard InChI is InChI=1S/C9H12O6/c1-13-7(11)9(8(12)14-2)4-3-6(10)15-5-9/h3-5H2,1-2H3. The minimum atomic E-state index is -1.49. The average molecular weight is 216 g/mol. The van der Waals surface area contributed by atoms with Gasteiger partial charge in [0.2, 0.25) is 0 Å². The van der Waals surface area contributed by atoms with E-state index in [9.17, 15) is 14.4 Å². The van der Waals surface area contributed by atoms with Gasteiger partial charge in [-0.05, 0) is 6.42 Å². The van der Waals surface area contributed by atoms with Crippen molar-refractivity contribution >= 4 is 17.9 Å². The highest BCUT2D eigenvalue weighted by Gasteiger charge is 2.52. The van der Waals surface area contributed by atoms with Crippen LogP contribution in [0.2, 0.25) is 0 Å².